The van der Waals surface area contributed by atoms with Gasteiger partial charge in [0.15, 0.2) is 0 Å². The van der Waals surface area contributed by atoms with Crippen molar-refractivity contribution in [2.45, 2.75) is 18.5 Å². The van der Waals surface area contributed by atoms with Gasteiger partial charge in [0, 0.05) is 25.6 Å². The van der Waals surface area contributed by atoms with E-state index in [1.807, 2.05) is 6.92 Å². The maximum Gasteiger partial charge on any atom is 0.416 e. The smallest absolute Gasteiger partial charge is 0.201 e. The van der Waals surface area contributed by atoms with Crippen LogP contribution in [0.3, 0.4) is 0 Å². The molecule has 8 heteroatoms. The quantitative estimate of drug-likeness (QED) is 0.859. The number of alkyl halides is 3. The van der Waals surface area contributed by atoms with Crippen LogP contribution >= 0.6 is 0 Å². The fourth-order valence-electron chi connectivity index (χ4n) is 2.25. The van der Waals surface area contributed by atoms with E-state index >= 15 is 0 Å². The van der Waals surface area contributed by atoms with Crippen molar-refractivity contribution in [1.29, 1.82) is 0 Å². The first-order valence-corrected chi connectivity index (χ1v) is 7.37. The van der Waals surface area contributed by atoms with E-state index in [2.05, 4.69) is 4.72 Å². The largest absolute Gasteiger partial charge is 0.416 e. The number of rotatable bonds is 1. The van der Waals surface area contributed by atoms with Gasteiger partial charge >= 0.3 is 6.18 Å². The Balaban J connectivity index is 2.28. The molecule has 2 rings (SSSR count). The van der Waals surface area contributed by atoms with Crippen molar-refractivity contribution < 1.29 is 21.6 Å². The molecule has 0 unspecified atom stereocenters. The third-order valence-electron chi connectivity index (χ3n) is 3.54. The number of hydrogen-bond donors (Lipinski definition) is 1. The summed E-state index contributed by atoms with van der Waals surface area (Å²) in [6.07, 6.45) is -4.37. The molecule has 0 bridgehead atoms. The Bertz CT molecular complexity index is 598. The highest BCUT2D eigenvalue weighted by Gasteiger charge is 2.38. The molecule has 0 amide bonds. The van der Waals surface area contributed by atoms with Crippen LogP contribution in [0.2, 0.25) is 0 Å². The van der Waals surface area contributed by atoms with Crippen molar-refractivity contribution in [3.05, 3.63) is 35.4 Å². The third kappa shape index (κ3) is 2.82. The molecule has 1 heterocycles. The molecule has 1 fully saturated rings. The molecule has 1 aliphatic rings. The molecule has 1 N–H and O–H groups in total. The number of nitrogens with one attached hydrogen (secondary N) is 1. The van der Waals surface area contributed by atoms with Crippen LogP contribution in [-0.4, -0.2) is 32.9 Å². The summed E-state index contributed by atoms with van der Waals surface area (Å²) < 4.78 is 64.2. The lowest BCUT2D eigenvalue weighted by molar-refractivity contribution is -0.137. The summed E-state index contributed by atoms with van der Waals surface area (Å²) >= 11 is 0. The second-order valence-electron chi connectivity index (χ2n) is 5.22. The highest BCUT2D eigenvalue weighted by molar-refractivity contribution is 7.87. The normalized spacial score (nSPS) is 27.4. The summed E-state index contributed by atoms with van der Waals surface area (Å²) in [6.45, 7) is 2.19. The van der Waals surface area contributed by atoms with Crippen LogP contribution in [0.5, 0.6) is 0 Å². The summed E-state index contributed by atoms with van der Waals surface area (Å²) in [4.78, 5) is 0. The minimum atomic E-state index is -4.37. The van der Waals surface area contributed by atoms with Gasteiger partial charge in [0.05, 0.1) is 5.56 Å². The summed E-state index contributed by atoms with van der Waals surface area (Å²) in [5.41, 5.74) is -0.612. The van der Waals surface area contributed by atoms with Gasteiger partial charge in [-0.05, 0) is 17.7 Å². The molecular formula is C12H15F3N2O2S. The highest BCUT2D eigenvalue weighted by atomic mass is 32.2. The molecule has 0 spiro atoms. The topological polar surface area (TPSA) is 49.4 Å². The summed E-state index contributed by atoms with van der Waals surface area (Å²) in [6, 6.07) is 4.83. The van der Waals surface area contributed by atoms with Crippen LogP contribution in [0.4, 0.5) is 13.2 Å². The average molecular weight is 308 g/mol. The molecule has 1 aromatic rings. The standard InChI is InChI=1S/C12H15F3N2O2S/c1-11(7-16-20(18,19)17(2)8-11)9-3-5-10(6-4-9)12(13,14)15/h3-6,16H,7-8H2,1-2H3/t11-/m1/s1. The first kappa shape index (κ1) is 15.3. The van der Waals surface area contributed by atoms with Gasteiger partial charge < -0.3 is 0 Å². The minimum absolute atomic E-state index is 0.158. The molecule has 1 saturated heterocycles. The van der Waals surface area contributed by atoms with Crippen molar-refractivity contribution in [2.24, 2.45) is 0 Å². The second-order valence-corrected chi connectivity index (χ2v) is 7.08. The van der Waals surface area contributed by atoms with Gasteiger partial charge in [-0.2, -0.15) is 25.9 Å². The van der Waals surface area contributed by atoms with E-state index in [-0.39, 0.29) is 13.1 Å². The maximum atomic E-state index is 12.5. The number of nitrogens with zero attached hydrogens (tertiary/aromatic N) is 1. The van der Waals surface area contributed by atoms with Crippen LogP contribution in [-0.2, 0) is 21.8 Å². The lowest BCUT2D eigenvalue weighted by Crippen LogP contribution is -2.56. The zero-order valence-corrected chi connectivity index (χ0v) is 11.8. The van der Waals surface area contributed by atoms with Crippen molar-refractivity contribution in [2.75, 3.05) is 20.1 Å². The van der Waals surface area contributed by atoms with Crippen LogP contribution < -0.4 is 4.72 Å². The summed E-state index contributed by atoms with van der Waals surface area (Å²) in [5.74, 6) is 0. The first-order valence-electron chi connectivity index (χ1n) is 5.93. The van der Waals surface area contributed by atoms with Crippen LogP contribution in [0.25, 0.3) is 0 Å². The monoisotopic (exact) mass is 308 g/mol. The van der Waals surface area contributed by atoms with Gasteiger partial charge in [0.1, 0.15) is 0 Å². The Kier molecular flexibility index (Phi) is 3.60. The predicted octanol–water partition coefficient (Wildman–Crippen LogP) is 1.74. The lowest BCUT2D eigenvalue weighted by atomic mass is 9.82. The van der Waals surface area contributed by atoms with Gasteiger partial charge in [-0.15, -0.1) is 0 Å². The van der Waals surface area contributed by atoms with Gasteiger partial charge in [-0.1, -0.05) is 19.1 Å². The number of benzene rings is 1. The van der Waals surface area contributed by atoms with Crippen molar-refractivity contribution in [3.8, 4) is 0 Å². The molecule has 20 heavy (non-hydrogen) atoms. The highest BCUT2D eigenvalue weighted by Crippen LogP contribution is 2.33. The zero-order valence-electron chi connectivity index (χ0n) is 11.0. The SMILES string of the molecule is CN1C[C@](C)(c2ccc(C(F)(F)F)cc2)CNS1(=O)=O. The fraction of sp³-hybridized carbons (Fsp3) is 0.500. The molecule has 1 atom stereocenters. The van der Waals surface area contributed by atoms with E-state index in [0.717, 1.165) is 16.4 Å². The molecule has 4 nitrogen and oxygen atoms in total. The molecule has 1 aliphatic heterocycles. The Morgan fingerprint density at radius 3 is 2.25 bits per heavy atom. The van der Waals surface area contributed by atoms with Gasteiger partial charge in [0.2, 0.25) is 0 Å². The summed E-state index contributed by atoms with van der Waals surface area (Å²) in [7, 11) is -2.03. The van der Waals surface area contributed by atoms with Crippen LogP contribution in [0.1, 0.15) is 18.1 Å². The number of hydrogen-bond acceptors (Lipinski definition) is 2. The van der Waals surface area contributed by atoms with E-state index in [9.17, 15) is 21.6 Å². The van der Waals surface area contributed by atoms with E-state index < -0.39 is 27.4 Å². The average Bonchev–Trinajstić information content (AvgIpc) is 2.34. The molecule has 0 aliphatic carbocycles. The zero-order chi connectivity index (χ0) is 15.2. The van der Waals surface area contributed by atoms with Gasteiger partial charge in [-0.3, -0.25) is 0 Å². The maximum absolute atomic E-state index is 12.5. The van der Waals surface area contributed by atoms with Crippen LogP contribution in [0.15, 0.2) is 24.3 Å². The molecule has 112 valence electrons. The third-order valence-corrected chi connectivity index (χ3v) is 4.99. The molecule has 0 aromatic heterocycles. The number of halogens is 3. The van der Waals surface area contributed by atoms with Gasteiger partial charge in [-0.25, -0.2) is 4.72 Å². The lowest BCUT2D eigenvalue weighted by Gasteiger charge is -2.39. The first-order chi connectivity index (χ1) is 9.05. The van der Waals surface area contributed by atoms with E-state index in [1.165, 1.54) is 19.2 Å². The van der Waals surface area contributed by atoms with E-state index in [1.54, 1.807) is 0 Å². The number of likely N-dealkylation sites (N-methyl/N-ethyl adjacent to an activating group) is 1. The second kappa shape index (κ2) is 4.71. The summed E-state index contributed by atoms with van der Waals surface area (Å²) in [5, 5.41) is 0. The van der Waals surface area contributed by atoms with Crippen molar-refractivity contribution in [3.63, 3.8) is 0 Å². The minimum Gasteiger partial charge on any atom is -0.201 e. The molecule has 0 radical (unpaired) electrons. The Hall–Kier alpha value is -1.12. The Morgan fingerprint density at radius 1 is 1.25 bits per heavy atom. The predicted molar refractivity (Wildman–Crippen MR) is 68.3 cm³/mol. The van der Waals surface area contributed by atoms with Gasteiger partial charge in [0.25, 0.3) is 10.2 Å². The Labute approximate surface area is 115 Å². The fourth-order valence-corrected chi connectivity index (χ4v) is 3.42. The van der Waals surface area contributed by atoms with Crippen molar-refractivity contribution >= 4 is 10.2 Å². The Morgan fingerprint density at radius 2 is 1.80 bits per heavy atom. The van der Waals surface area contributed by atoms with E-state index in [0.29, 0.717) is 5.56 Å². The molecule has 0 saturated carbocycles. The van der Waals surface area contributed by atoms with Crippen molar-refractivity contribution in [1.82, 2.24) is 9.03 Å². The van der Waals surface area contributed by atoms with Crippen LogP contribution in [0, 0.1) is 0 Å². The molecular weight excluding hydrogens is 293 g/mol. The van der Waals surface area contributed by atoms with E-state index in [4.69, 9.17) is 0 Å². The molecule has 1 aromatic carbocycles.